The van der Waals surface area contributed by atoms with E-state index in [4.69, 9.17) is 9.84 Å². The Labute approximate surface area is 97.0 Å². The minimum Gasteiger partial charge on any atom is -0.477 e. The van der Waals surface area contributed by atoms with Crippen LogP contribution in [-0.2, 0) is 18.0 Å². The van der Waals surface area contributed by atoms with Gasteiger partial charge in [0, 0.05) is 5.56 Å². The maximum Gasteiger partial charge on any atom is 0.353 e. The van der Waals surface area contributed by atoms with Crippen molar-refractivity contribution in [2.75, 3.05) is 0 Å². The van der Waals surface area contributed by atoms with Gasteiger partial charge in [-0.25, -0.2) is 4.79 Å². The van der Waals surface area contributed by atoms with Gasteiger partial charge in [-0.05, 0) is 23.3 Å². The summed E-state index contributed by atoms with van der Waals surface area (Å²) in [6.07, 6.45) is 0. The first-order chi connectivity index (χ1) is 8.24. The van der Waals surface area contributed by atoms with Crippen molar-refractivity contribution in [2.45, 2.75) is 13.2 Å². The Hall–Kier alpha value is -2.14. The summed E-state index contributed by atoms with van der Waals surface area (Å²) in [6, 6.07) is 7.44. The summed E-state index contributed by atoms with van der Waals surface area (Å²) in [7, 11) is 0. The number of carbonyl (C=O) groups is 1. The van der Waals surface area contributed by atoms with E-state index in [-0.39, 0.29) is 5.69 Å². The number of H-pyrrole nitrogens is 1. The Bertz CT molecular complexity index is 589. The number of fused-ring (bicyclic) bond motifs is 1. The molecule has 0 saturated heterocycles. The molecule has 0 unspecified atom stereocenters. The fourth-order valence-electron chi connectivity index (χ4n) is 1.91. The van der Waals surface area contributed by atoms with Gasteiger partial charge in [0.15, 0.2) is 0 Å². The average Bonchev–Trinajstić information content (AvgIpc) is 2.97. The normalized spacial score (nSPS) is 13.6. The zero-order valence-corrected chi connectivity index (χ0v) is 8.93. The van der Waals surface area contributed by atoms with Gasteiger partial charge in [-0.2, -0.15) is 5.10 Å². The molecule has 0 atom stereocenters. The molecule has 1 aliphatic rings. The van der Waals surface area contributed by atoms with E-state index in [9.17, 15) is 4.79 Å². The molecule has 3 rings (SSSR count). The molecule has 1 aliphatic heterocycles. The molecule has 5 heteroatoms. The standard InChI is InChI=1S/C12H10N2O3/c15-12(16)11-4-10(13-14-11)7-1-2-8-5-17-6-9(8)3-7/h1-4H,5-6H2,(H,13,14)(H,15,16). The van der Waals surface area contributed by atoms with Crippen molar-refractivity contribution in [1.82, 2.24) is 10.2 Å². The molecule has 5 nitrogen and oxygen atoms in total. The van der Waals surface area contributed by atoms with Crippen LogP contribution in [0.15, 0.2) is 24.3 Å². The summed E-state index contributed by atoms with van der Waals surface area (Å²) in [5.41, 5.74) is 3.96. The van der Waals surface area contributed by atoms with Crippen molar-refractivity contribution >= 4 is 5.97 Å². The minimum atomic E-state index is -1.01. The number of nitrogens with zero attached hydrogens (tertiary/aromatic N) is 1. The number of aromatic carboxylic acids is 1. The predicted molar refractivity (Wildman–Crippen MR) is 59.5 cm³/mol. The Balaban J connectivity index is 2.00. The predicted octanol–water partition coefficient (Wildman–Crippen LogP) is 1.81. The van der Waals surface area contributed by atoms with Gasteiger partial charge in [-0.15, -0.1) is 0 Å². The maximum absolute atomic E-state index is 10.7. The van der Waals surface area contributed by atoms with Crippen LogP contribution >= 0.6 is 0 Å². The third-order valence-corrected chi connectivity index (χ3v) is 2.83. The Kier molecular flexibility index (Phi) is 2.19. The molecule has 0 bridgehead atoms. The van der Waals surface area contributed by atoms with Crippen LogP contribution in [0.2, 0.25) is 0 Å². The van der Waals surface area contributed by atoms with Gasteiger partial charge >= 0.3 is 5.97 Å². The van der Waals surface area contributed by atoms with Crippen LogP contribution < -0.4 is 0 Å². The van der Waals surface area contributed by atoms with Crippen LogP contribution in [0.4, 0.5) is 0 Å². The van der Waals surface area contributed by atoms with E-state index in [0.29, 0.717) is 18.9 Å². The summed E-state index contributed by atoms with van der Waals surface area (Å²) in [5.74, 6) is -1.01. The molecule has 1 aromatic carbocycles. The lowest BCUT2D eigenvalue weighted by atomic mass is 10.0. The molecular formula is C12H10N2O3. The van der Waals surface area contributed by atoms with Crippen LogP contribution in [0, 0.1) is 0 Å². The van der Waals surface area contributed by atoms with Crippen molar-refractivity contribution in [2.24, 2.45) is 0 Å². The molecule has 86 valence electrons. The van der Waals surface area contributed by atoms with E-state index in [0.717, 1.165) is 11.1 Å². The first-order valence-electron chi connectivity index (χ1n) is 5.22. The SMILES string of the molecule is O=C(O)c1cc(-c2ccc3c(c2)COC3)n[nH]1. The summed E-state index contributed by atoms with van der Waals surface area (Å²) >= 11 is 0. The van der Waals surface area contributed by atoms with Crippen LogP contribution in [0.5, 0.6) is 0 Å². The highest BCUT2D eigenvalue weighted by Gasteiger charge is 2.14. The second kappa shape index (κ2) is 3.71. The first-order valence-corrected chi connectivity index (χ1v) is 5.22. The number of aromatic nitrogens is 2. The Morgan fingerprint density at radius 1 is 1.29 bits per heavy atom. The van der Waals surface area contributed by atoms with Crippen molar-refractivity contribution in [3.05, 3.63) is 41.1 Å². The van der Waals surface area contributed by atoms with Gasteiger partial charge in [0.1, 0.15) is 5.69 Å². The second-order valence-corrected chi connectivity index (χ2v) is 3.95. The second-order valence-electron chi connectivity index (χ2n) is 3.95. The molecule has 0 spiro atoms. The number of carboxylic acids is 1. The highest BCUT2D eigenvalue weighted by molar-refractivity contribution is 5.86. The lowest BCUT2D eigenvalue weighted by Crippen LogP contribution is -1.95. The van der Waals surface area contributed by atoms with Gasteiger partial charge < -0.3 is 9.84 Å². The molecule has 1 aromatic heterocycles. The van der Waals surface area contributed by atoms with Gasteiger partial charge in [0.25, 0.3) is 0 Å². The fraction of sp³-hybridized carbons (Fsp3) is 0.167. The molecule has 2 N–H and O–H groups in total. The minimum absolute atomic E-state index is 0.0942. The molecule has 0 saturated carbocycles. The smallest absolute Gasteiger partial charge is 0.353 e. The van der Waals surface area contributed by atoms with Crippen LogP contribution in [0.25, 0.3) is 11.3 Å². The number of carboxylic acid groups (broad SMARTS) is 1. The van der Waals surface area contributed by atoms with E-state index in [1.807, 2.05) is 18.2 Å². The van der Waals surface area contributed by atoms with Gasteiger partial charge in [0.05, 0.1) is 18.9 Å². The zero-order chi connectivity index (χ0) is 11.8. The molecule has 0 fully saturated rings. The molecular weight excluding hydrogens is 220 g/mol. The van der Waals surface area contributed by atoms with Crippen molar-refractivity contribution < 1.29 is 14.6 Å². The highest BCUT2D eigenvalue weighted by Crippen LogP contribution is 2.26. The molecule has 0 amide bonds. The van der Waals surface area contributed by atoms with Crippen LogP contribution in [-0.4, -0.2) is 21.3 Å². The summed E-state index contributed by atoms with van der Waals surface area (Å²) in [4.78, 5) is 10.7. The summed E-state index contributed by atoms with van der Waals surface area (Å²) in [5, 5.41) is 15.3. The van der Waals surface area contributed by atoms with Crippen molar-refractivity contribution in [1.29, 1.82) is 0 Å². The third kappa shape index (κ3) is 1.70. The molecule has 2 aromatic rings. The quantitative estimate of drug-likeness (QED) is 0.824. The molecule has 0 radical (unpaired) electrons. The van der Waals surface area contributed by atoms with Crippen molar-refractivity contribution in [3.63, 3.8) is 0 Å². The van der Waals surface area contributed by atoms with Crippen LogP contribution in [0.3, 0.4) is 0 Å². The number of ether oxygens (including phenoxy) is 1. The van der Waals surface area contributed by atoms with E-state index < -0.39 is 5.97 Å². The van der Waals surface area contributed by atoms with Gasteiger partial charge in [-0.1, -0.05) is 12.1 Å². The number of aromatic amines is 1. The number of hydrogen-bond donors (Lipinski definition) is 2. The van der Waals surface area contributed by atoms with Crippen molar-refractivity contribution in [3.8, 4) is 11.3 Å². The highest BCUT2D eigenvalue weighted by atomic mass is 16.5. The molecule has 0 aliphatic carbocycles. The maximum atomic E-state index is 10.7. The van der Waals surface area contributed by atoms with E-state index >= 15 is 0 Å². The Morgan fingerprint density at radius 2 is 2.12 bits per heavy atom. The first kappa shape index (κ1) is 10.0. The van der Waals surface area contributed by atoms with Crippen LogP contribution in [0.1, 0.15) is 21.6 Å². The number of benzene rings is 1. The van der Waals surface area contributed by atoms with E-state index in [2.05, 4.69) is 10.2 Å². The topological polar surface area (TPSA) is 75.2 Å². The fourth-order valence-corrected chi connectivity index (χ4v) is 1.91. The third-order valence-electron chi connectivity index (χ3n) is 2.83. The number of hydrogen-bond acceptors (Lipinski definition) is 3. The van der Waals surface area contributed by atoms with E-state index in [1.165, 1.54) is 11.6 Å². The summed E-state index contributed by atoms with van der Waals surface area (Å²) < 4.78 is 5.33. The average molecular weight is 230 g/mol. The van der Waals surface area contributed by atoms with Gasteiger partial charge in [-0.3, -0.25) is 5.10 Å². The Morgan fingerprint density at radius 3 is 2.88 bits per heavy atom. The monoisotopic (exact) mass is 230 g/mol. The van der Waals surface area contributed by atoms with Gasteiger partial charge in [0.2, 0.25) is 0 Å². The van der Waals surface area contributed by atoms with E-state index in [1.54, 1.807) is 0 Å². The number of nitrogens with one attached hydrogen (secondary N) is 1. The summed E-state index contributed by atoms with van der Waals surface area (Å²) in [6.45, 7) is 1.26. The zero-order valence-electron chi connectivity index (χ0n) is 8.93. The lowest BCUT2D eigenvalue weighted by Gasteiger charge is -1.99. The number of rotatable bonds is 2. The largest absolute Gasteiger partial charge is 0.477 e. The molecule has 17 heavy (non-hydrogen) atoms. The molecule has 2 heterocycles. The lowest BCUT2D eigenvalue weighted by molar-refractivity contribution is 0.0690.